The highest BCUT2D eigenvalue weighted by atomic mass is 14.7. The van der Waals surface area contributed by atoms with Crippen LogP contribution in [0.15, 0.2) is 24.4 Å². The van der Waals surface area contributed by atoms with Crippen LogP contribution in [0.5, 0.6) is 0 Å². The van der Waals surface area contributed by atoms with Crippen molar-refractivity contribution in [3.05, 3.63) is 35.5 Å². The molecule has 2 rings (SSSR count). The summed E-state index contributed by atoms with van der Waals surface area (Å²) in [7, 11) is 0. The second-order valence-corrected chi connectivity index (χ2v) is 4.29. The Bertz CT molecular complexity index is 453. The zero-order chi connectivity index (χ0) is 10.8. The third kappa shape index (κ3) is 1.79. The summed E-state index contributed by atoms with van der Waals surface area (Å²) in [5, 5.41) is 1.39. The minimum absolute atomic E-state index is 0.645. The molecule has 1 aromatic carbocycles. The Kier molecular flexibility index (Phi) is 2.81. The number of nitrogens with one attached hydrogen (secondary N) is 1. The summed E-state index contributed by atoms with van der Waals surface area (Å²) in [5.41, 5.74) is 4.14. The van der Waals surface area contributed by atoms with Crippen LogP contribution in [-0.2, 0) is 6.42 Å². The molecule has 1 heteroatoms. The fraction of sp³-hybridized carbons (Fsp3) is 0.429. The Hall–Kier alpha value is -1.24. The van der Waals surface area contributed by atoms with E-state index in [0.717, 1.165) is 6.42 Å². The smallest absolute Gasteiger partial charge is 0.0459 e. The van der Waals surface area contributed by atoms with E-state index in [1.54, 1.807) is 0 Å². The molecule has 0 spiro atoms. The number of benzene rings is 1. The first-order valence-electron chi connectivity index (χ1n) is 5.86. The molecule has 0 amide bonds. The molecule has 0 bridgehead atoms. The van der Waals surface area contributed by atoms with Gasteiger partial charge in [0.25, 0.3) is 0 Å². The predicted octanol–water partition coefficient (Wildman–Crippen LogP) is 4.24. The summed E-state index contributed by atoms with van der Waals surface area (Å²) in [6.45, 7) is 6.72. The molecule has 1 nitrogen and oxygen atoms in total. The molecule has 0 aliphatic heterocycles. The van der Waals surface area contributed by atoms with E-state index >= 15 is 0 Å². The van der Waals surface area contributed by atoms with Crippen LogP contribution in [-0.4, -0.2) is 4.98 Å². The summed E-state index contributed by atoms with van der Waals surface area (Å²) >= 11 is 0. The average Bonchev–Trinajstić information content (AvgIpc) is 2.70. The lowest BCUT2D eigenvalue weighted by atomic mass is 9.97. The van der Waals surface area contributed by atoms with Gasteiger partial charge in [0.15, 0.2) is 0 Å². The van der Waals surface area contributed by atoms with Crippen LogP contribution in [0.3, 0.4) is 0 Å². The van der Waals surface area contributed by atoms with Crippen LogP contribution < -0.4 is 0 Å². The average molecular weight is 201 g/mol. The van der Waals surface area contributed by atoms with Gasteiger partial charge in [-0.2, -0.15) is 0 Å². The number of hydrogen-bond acceptors (Lipinski definition) is 0. The zero-order valence-corrected chi connectivity index (χ0v) is 9.80. The van der Waals surface area contributed by atoms with E-state index in [-0.39, 0.29) is 0 Å². The van der Waals surface area contributed by atoms with Gasteiger partial charge in [-0.1, -0.05) is 32.9 Å². The number of aryl methyl sites for hydroxylation is 1. The van der Waals surface area contributed by atoms with Gasteiger partial charge in [0.2, 0.25) is 0 Å². The lowest BCUT2D eigenvalue weighted by molar-refractivity contribution is 0.739. The van der Waals surface area contributed by atoms with Gasteiger partial charge in [-0.3, -0.25) is 0 Å². The topological polar surface area (TPSA) is 15.8 Å². The largest absolute Gasteiger partial charge is 0.361 e. The highest BCUT2D eigenvalue weighted by molar-refractivity contribution is 5.84. The molecule has 0 fully saturated rings. The van der Waals surface area contributed by atoms with E-state index in [1.807, 2.05) is 0 Å². The summed E-state index contributed by atoms with van der Waals surface area (Å²) in [4.78, 5) is 3.38. The molecule has 1 heterocycles. The van der Waals surface area contributed by atoms with Crippen molar-refractivity contribution in [2.24, 2.45) is 0 Å². The number of aromatic nitrogens is 1. The van der Waals surface area contributed by atoms with Crippen LogP contribution in [0.2, 0.25) is 0 Å². The standard InChI is InChI=1S/C14H19N/c1-4-10(3)13-9-15-14-8-11(5-2)6-7-12(13)14/h6-10,15H,4-5H2,1-3H3. The maximum absolute atomic E-state index is 3.38. The molecule has 1 aromatic heterocycles. The van der Waals surface area contributed by atoms with E-state index in [0.29, 0.717) is 5.92 Å². The van der Waals surface area contributed by atoms with Crippen molar-refractivity contribution in [2.75, 3.05) is 0 Å². The maximum atomic E-state index is 3.38. The SMILES string of the molecule is CCc1ccc2c(C(C)CC)c[nH]c2c1. The van der Waals surface area contributed by atoms with Gasteiger partial charge >= 0.3 is 0 Å². The van der Waals surface area contributed by atoms with Crippen LogP contribution in [0.1, 0.15) is 44.2 Å². The number of fused-ring (bicyclic) bond motifs is 1. The molecule has 0 aliphatic carbocycles. The van der Waals surface area contributed by atoms with E-state index in [4.69, 9.17) is 0 Å². The van der Waals surface area contributed by atoms with E-state index in [9.17, 15) is 0 Å². The third-order valence-electron chi connectivity index (χ3n) is 3.33. The van der Waals surface area contributed by atoms with Gasteiger partial charge in [0.1, 0.15) is 0 Å². The minimum Gasteiger partial charge on any atom is -0.361 e. The van der Waals surface area contributed by atoms with Gasteiger partial charge < -0.3 is 4.98 Å². The highest BCUT2D eigenvalue weighted by Crippen LogP contribution is 2.27. The van der Waals surface area contributed by atoms with Crippen molar-refractivity contribution in [1.82, 2.24) is 4.98 Å². The Balaban J connectivity index is 2.52. The van der Waals surface area contributed by atoms with Crippen LogP contribution in [0, 0.1) is 0 Å². The zero-order valence-electron chi connectivity index (χ0n) is 9.80. The quantitative estimate of drug-likeness (QED) is 0.764. The van der Waals surface area contributed by atoms with Gasteiger partial charge in [0.05, 0.1) is 0 Å². The summed E-state index contributed by atoms with van der Waals surface area (Å²) in [6, 6.07) is 6.76. The first-order chi connectivity index (χ1) is 7.26. The molecule has 1 N–H and O–H groups in total. The monoisotopic (exact) mass is 201 g/mol. The van der Waals surface area contributed by atoms with Crippen molar-refractivity contribution >= 4 is 10.9 Å². The molecule has 0 saturated heterocycles. The van der Waals surface area contributed by atoms with E-state index < -0.39 is 0 Å². The second kappa shape index (κ2) is 4.09. The first-order valence-corrected chi connectivity index (χ1v) is 5.86. The van der Waals surface area contributed by atoms with Gasteiger partial charge in [-0.15, -0.1) is 0 Å². The van der Waals surface area contributed by atoms with Gasteiger partial charge in [0, 0.05) is 17.1 Å². The molecule has 0 aliphatic rings. The molecule has 1 unspecified atom stereocenters. The predicted molar refractivity (Wildman–Crippen MR) is 66.4 cm³/mol. The molecular weight excluding hydrogens is 182 g/mol. The lowest BCUT2D eigenvalue weighted by Crippen LogP contribution is -1.88. The Labute approximate surface area is 91.5 Å². The highest BCUT2D eigenvalue weighted by Gasteiger charge is 2.09. The van der Waals surface area contributed by atoms with Crippen molar-refractivity contribution in [1.29, 1.82) is 0 Å². The molecule has 0 radical (unpaired) electrons. The molecule has 2 aromatic rings. The normalized spacial score (nSPS) is 13.3. The summed E-state index contributed by atoms with van der Waals surface area (Å²) < 4.78 is 0. The Morgan fingerprint density at radius 2 is 2.07 bits per heavy atom. The lowest BCUT2D eigenvalue weighted by Gasteiger charge is -2.06. The number of hydrogen-bond donors (Lipinski definition) is 1. The Morgan fingerprint density at radius 1 is 1.27 bits per heavy atom. The van der Waals surface area contributed by atoms with Crippen LogP contribution in [0.4, 0.5) is 0 Å². The fourth-order valence-electron chi connectivity index (χ4n) is 2.04. The summed E-state index contributed by atoms with van der Waals surface area (Å²) in [6.07, 6.45) is 4.47. The van der Waals surface area contributed by atoms with Gasteiger partial charge in [-0.05, 0) is 36.0 Å². The Morgan fingerprint density at radius 3 is 2.73 bits per heavy atom. The van der Waals surface area contributed by atoms with Crippen molar-refractivity contribution in [2.45, 2.75) is 39.5 Å². The maximum Gasteiger partial charge on any atom is 0.0459 e. The first kappa shape index (κ1) is 10.3. The van der Waals surface area contributed by atoms with Crippen molar-refractivity contribution in [3.8, 4) is 0 Å². The number of H-pyrrole nitrogens is 1. The molecule has 80 valence electrons. The van der Waals surface area contributed by atoms with Gasteiger partial charge in [-0.25, -0.2) is 0 Å². The van der Waals surface area contributed by atoms with Crippen LogP contribution >= 0.6 is 0 Å². The molecular formula is C14H19N. The minimum atomic E-state index is 0.645. The van der Waals surface area contributed by atoms with Crippen molar-refractivity contribution < 1.29 is 0 Å². The van der Waals surface area contributed by atoms with E-state index in [2.05, 4.69) is 50.2 Å². The van der Waals surface area contributed by atoms with Crippen LogP contribution in [0.25, 0.3) is 10.9 Å². The summed E-state index contributed by atoms with van der Waals surface area (Å²) in [5.74, 6) is 0.645. The molecule has 0 saturated carbocycles. The molecule has 15 heavy (non-hydrogen) atoms. The third-order valence-corrected chi connectivity index (χ3v) is 3.33. The van der Waals surface area contributed by atoms with E-state index in [1.165, 1.54) is 28.5 Å². The molecule has 1 atom stereocenters. The number of aromatic amines is 1. The second-order valence-electron chi connectivity index (χ2n) is 4.29. The fourth-order valence-corrected chi connectivity index (χ4v) is 2.04. The number of rotatable bonds is 3. The van der Waals surface area contributed by atoms with Crippen molar-refractivity contribution in [3.63, 3.8) is 0 Å².